The fourth-order valence-corrected chi connectivity index (χ4v) is 5.29. The summed E-state index contributed by atoms with van der Waals surface area (Å²) in [6.07, 6.45) is 6.74. The fourth-order valence-electron chi connectivity index (χ4n) is 4.02. The Morgan fingerprint density at radius 3 is 2.69 bits per heavy atom. The highest BCUT2D eigenvalue weighted by atomic mass is 32.1. The molecule has 0 unspecified atom stereocenters. The van der Waals surface area contributed by atoms with Gasteiger partial charge in [-0.1, -0.05) is 0 Å². The smallest absolute Gasteiger partial charge is 0.341 e. The van der Waals surface area contributed by atoms with Gasteiger partial charge in [-0.25, -0.2) is 4.79 Å². The predicted octanol–water partition coefficient (Wildman–Crippen LogP) is 5.05. The first-order valence-electron chi connectivity index (χ1n) is 11.1. The van der Waals surface area contributed by atoms with E-state index in [2.05, 4.69) is 5.32 Å². The van der Waals surface area contributed by atoms with Gasteiger partial charge in [-0.2, -0.15) is 5.26 Å². The first kappa shape index (κ1) is 23.9. The van der Waals surface area contributed by atoms with Crippen LogP contribution in [0.15, 0.2) is 48.2 Å². The van der Waals surface area contributed by atoms with Gasteiger partial charge in [0, 0.05) is 34.6 Å². The van der Waals surface area contributed by atoms with Crippen molar-refractivity contribution in [1.82, 2.24) is 4.57 Å². The normalized spacial score (nSPS) is 13.0. The second kappa shape index (κ2) is 10.4. The van der Waals surface area contributed by atoms with E-state index in [1.807, 2.05) is 6.07 Å². The van der Waals surface area contributed by atoms with Crippen LogP contribution in [-0.2, 0) is 22.4 Å². The minimum atomic E-state index is -0.631. The topological polar surface area (TPSA) is 127 Å². The Morgan fingerprint density at radius 1 is 1.26 bits per heavy atom. The van der Waals surface area contributed by atoms with Crippen molar-refractivity contribution in [3.8, 4) is 11.8 Å². The predicted molar refractivity (Wildman–Crippen MR) is 132 cm³/mol. The van der Waals surface area contributed by atoms with Gasteiger partial charge in [-0.05, 0) is 68.5 Å². The molecule has 1 aliphatic carbocycles. The number of anilines is 1. The minimum Gasteiger partial charge on any atom is -0.462 e. The van der Waals surface area contributed by atoms with Crippen LogP contribution in [0, 0.1) is 21.4 Å². The second-order valence-corrected chi connectivity index (χ2v) is 8.94. The molecule has 9 nitrogen and oxygen atoms in total. The van der Waals surface area contributed by atoms with Crippen molar-refractivity contribution in [2.75, 3.05) is 11.9 Å². The number of amides is 1. The largest absolute Gasteiger partial charge is 0.462 e. The average Bonchev–Trinajstić information content (AvgIpc) is 3.46. The molecule has 1 aliphatic rings. The Morgan fingerprint density at radius 2 is 2.00 bits per heavy atom. The number of carbonyl (C=O) groups excluding carboxylic acids is 2. The maximum atomic E-state index is 13.1. The summed E-state index contributed by atoms with van der Waals surface area (Å²) in [7, 11) is 0. The van der Waals surface area contributed by atoms with Crippen molar-refractivity contribution >= 4 is 40.0 Å². The van der Waals surface area contributed by atoms with Gasteiger partial charge in [0.1, 0.15) is 16.6 Å². The number of esters is 1. The number of non-ortho nitro benzene ring substituents is 1. The van der Waals surface area contributed by atoms with Crippen LogP contribution in [0.5, 0.6) is 0 Å². The third kappa shape index (κ3) is 5.00. The van der Waals surface area contributed by atoms with E-state index in [0.29, 0.717) is 21.9 Å². The first-order chi connectivity index (χ1) is 16.9. The number of benzene rings is 1. The van der Waals surface area contributed by atoms with Gasteiger partial charge in [0.15, 0.2) is 0 Å². The third-order valence-corrected chi connectivity index (χ3v) is 6.86. The van der Waals surface area contributed by atoms with Gasteiger partial charge in [0.05, 0.1) is 17.1 Å². The Labute approximate surface area is 205 Å². The van der Waals surface area contributed by atoms with Gasteiger partial charge in [-0.3, -0.25) is 14.9 Å². The van der Waals surface area contributed by atoms with E-state index in [1.54, 1.807) is 42.0 Å². The summed E-state index contributed by atoms with van der Waals surface area (Å²) in [5.74, 6) is -1.11. The number of rotatable bonds is 7. The van der Waals surface area contributed by atoms with Crippen molar-refractivity contribution in [3.05, 3.63) is 80.0 Å². The van der Waals surface area contributed by atoms with Crippen molar-refractivity contribution in [2.24, 2.45) is 0 Å². The van der Waals surface area contributed by atoms with Gasteiger partial charge in [0.25, 0.3) is 11.6 Å². The molecule has 0 bridgehead atoms. The summed E-state index contributed by atoms with van der Waals surface area (Å²) in [6.45, 7) is 1.95. The van der Waals surface area contributed by atoms with E-state index in [0.717, 1.165) is 36.1 Å². The quantitative estimate of drug-likeness (QED) is 0.162. The number of fused-ring (bicyclic) bond motifs is 1. The highest BCUT2D eigenvalue weighted by Crippen LogP contribution is 2.38. The Bertz CT molecular complexity index is 1360. The maximum Gasteiger partial charge on any atom is 0.341 e. The molecule has 10 heteroatoms. The molecule has 2 heterocycles. The standard InChI is InChI=1S/C25H22N4O5S/c1-2-34-25(31)22-20-7-3-4-8-21(20)35-24(22)27-23(30)16(15-26)14-19-6-5-13-28(19)17-9-11-18(12-10-17)29(32)33/h5-6,9-14H,2-4,7-8H2,1H3,(H,27,30). The van der Waals surface area contributed by atoms with Crippen LogP contribution in [0.2, 0.25) is 0 Å². The molecule has 0 spiro atoms. The van der Waals surface area contributed by atoms with Crippen LogP contribution in [0.25, 0.3) is 11.8 Å². The summed E-state index contributed by atoms with van der Waals surface area (Å²) in [5.41, 5.74) is 2.30. The van der Waals surface area contributed by atoms with E-state index >= 15 is 0 Å². The molecule has 0 saturated heterocycles. The Balaban J connectivity index is 1.63. The Hall–Kier alpha value is -4.23. The number of aryl methyl sites for hydroxylation is 1. The van der Waals surface area contributed by atoms with Gasteiger partial charge < -0.3 is 14.6 Å². The van der Waals surface area contributed by atoms with Crippen LogP contribution in [0.4, 0.5) is 10.7 Å². The van der Waals surface area contributed by atoms with E-state index in [4.69, 9.17) is 4.74 Å². The molecule has 2 aromatic heterocycles. The average molecular weight is 491 g/mol. The molecule has 1 N–H and O–H groups in total. The number of nitrogens with one attached hydrogen (secondary N) is 1. The molecule has 0 radical (unpaired) electrons. The lowest BCUT2D eigenvalue weighted by molar-refractivity contribution is -0.384. The number of carbonyl (C=O) groups is 2. The minimum absolute atomic E-state index is 0.0360. The first-order valence-corrected chi connectivity index (χ1v) is 11.9. The number of nitro benzene ring substituents is 1. The molecule has 3 aromatic rings. The molecule has 0 saturated carbocycles. The van der Waals surface area contributed by atoms with Crippen molar-refractivity contribution in [2.45, 2.75) is 32.6 Å². The van der Waals surface area contributed by atoms with Crippen LogP contribution in [-0.4, -0.2) is 28.0 Å². The van der Waals surface area contributed by atoms with Crippen LogP contribution < -0.4 is 5.32 Å². The zero-order chi connectivity index (χ0) is 24.9. The summed E-state index contributed by atoms with van der Waals surface area (Å²) in [6, 6.07) is 11.3. The number of nitro groups is 1. The lowest BCUT2D eigenvalue weighted by Crippen LogP contribution is -2.17. The van der Waals surface area contributed by atoms with Gasteiger partial charge in [-0.15, -0.1) is 11.3 Å². The number of ether oxygens (including phenoxy) is 1. The van der Waals surface area contributed by atoms with Gasteiger partial charge in [0.2, 0.25) is 0 Å². The molecule has 0 aliphatic heterocycles. The number of nitriles is 1. The van der Waals surface area contributed by atoms with E-state index < -0.39 is 16.8 Å². The number of nitrogens with zero attached hydrogens (tertiary/aromatic N) is 3. The van der Waals surface area contributed by atoms with E-state index in [9.17, 15) is 25.0 Å². The zero-order valence-corrected chi connectivity index (χ0v) is 19.8. The fraction of sp³-hybridized carbons (Fsp3) is 0.240. The van der Waals surface area contributed by atoms with E-state index in [-0.39, 0.29) is 17.9 Å². The molecule has 4 rings (SSSR count). The highest BCUT2D eigenvalue weighted by molar-refractivity contribution is 7.17. The molecular weight excluding hydrogens is 468 g/mol. The van der Waals surface area contributed by atoms with Crippen LogP contribution in [0.1, 0.15) is 46.3 Å². The molecule has 1 amide bonds. The summed E-state index contributed by atoms with van der Waals surface area (Å²) >= 11 is 1.35. The highest BCUT2D eigenvalue weighted by Gasteiger charge is 2.28. The summed E-state index contributed by atoms with van der Waals surface area (Å²) in [5, 5.41) is 23.8. The molecule has 35 heavy (non-hydrogen) atoms. The van der Waals surface area contributed by atoms with E-state index in [1.165, 1.54) is 29.5 Å². The molecule has 0 fully saturated rings. The second-order valence-electron chi connectivity index (χ2n) is 7.84. The van der Waals surface area contributed by atoms with Crippen LogP contribution >= 0.6 is 11.3 Å². The number of hydrogen-bond acceptors (Lipinski definition) is 7. The van der Waals surface area contributed by atoms with Crippen molar-refractivity contribution in [1.29, 1.82) is 5.26 Å². The zero-order valence-electron chi connectivity index (χ0n) is 18.9. The SMILES string of the molecule is CCOC(=O)c1c(NC(=O)C(C#N)=Cc2cccn2-c2ccc([N+](=O)[O-])cc2)sc2c1CCCC2. The molecular formula is C25H22N4O5S. The van der Waals surface area contributed by atoms with Crippen LogP contribution in [0.3, 0.4) is 0 Å². The summed E-state index contributed by atoms with van der Waals surface area (Å²) in [4.78, 5) is 37.2. The Kier molecular flexibility index (Phi) is 7.08. The maximum absolute atomic E-state index is 13.1. The third-order valence-electron chi connectivity index (χ3n) is 5.65. The molecule has 1 aromatic carbocycles. The number of thiophene rings is 1. The molecule has 178 valence electrons. The molecule has 0 atom stereocenters. The lowest BCUT2D eigenvalue weighted by atomic mass is 9.95. The van der Waals surface area contributed by atoms with Gasteiger partial charge >= 0.3 is 5.97 Å². The lowest BCUT2D eigenvalue weighted by Gasteiger charge is -2.12. The monoisotopic (exact) mass is 490 g/mol. The number of hydrogen-bond donors (Lipinski definition) is 1. The van der Waals surface area contributed by atoms with Crippen molar-refractivity contribution in [3.63, 3.8) is 0 Å². The van der Waals surface area contributed by atoms with Crippen molar-refractivity contribution < 1.29 is 19.2 Å². The number of aromatic nitrogens is 1. The summed E-state index contributed by atoms with van der Waals surface area (Å²) < 4.78 is 6.94.